The van der Waals surface area contributed by atoms with Crippen LogP contribution in [0.4, 0.5) is 4.39 Å². The average molecular weight is 245 g/mol. The first-order valence-electron chi connectivity index (χ1n) is 5.21. The van der Waals surface area contributed by atoms with E-state index in [-0.39, 0.29) is 11.9 Å². The molecule has 0 amide bonds. The lowest BCUT2D eigenvalue weighted by molar-refractivity contribution is -0.126. The Balaban J connectivity index is 2.05. The number of rotatable bonds is 3. The van der Waals surface area contributed by atoms with Crippen molar-refractivity contribution < 1.29 is 14.2 Å². The number of hydrogen-bond donors (Lipinski definition) is 1. The number of ether oxygens (including phenoxy) is 1. The van der Waals surface area contributed by atoms with Crippen LogP contribution in [0.5, 0.6) is 0 Å². The SMILES string of the molecule is COC1CC(O)(Cc2ccc(F)cc2Cl)C1. The molecular formula is C12H14ClFO2. The first kappa shape index (κ1) is 11.8. The zero-order chi connectivity index (χ0) is 11.8. The minimum atomic E-state index is -0.748. The Morgan fingerprint density at radius 2 is 2.25 bits per heavy atom. The molecule has 1 aromatic rings. The molecule has 0 bridgehead atoms. The van der Waals surface area contributed by atoms with Crippen molar-refractivity contribution in [2.45, 2.75) is 31.0 Å². The van der Waals surface area contributed by atoms with Crippen LogP contribution in [0.3, 0.4) is 0 Å². The van der Waals surface area contributed by atoms with Gasteiger partial charge < -0.3 is 9.84 Å². The fourth-order valence-corrected chi connectivity index (χ4v) is 2.35. The zero-order valence-corrected chi connectivity index (χ0v) is 9.80. The predicted octanol–water partition coefficient (Wildman–Crippen LogP) is 2.56. The molecule has 2 rings (SSSR count). The average Bonchev–Trinajstić information content (AvgIpc) is 2.18. The fourth-order valence-electron chi connectivity index (χ4n) is 2.12. The van der Waals surface area contributed by atoms with Crippen molar-refractivity contribution in [1.82, 2.24) is 0 Å². The van der Waals surface area contributed by atoms with Gasteiger partial charge in [0.2, 0.25) is 0 Å². The van der Waals surface area contributed by atoms with E-state index in [1.165, 1.54) is 12.1 Å². The van der Waals surface area contributed by atoms with Crippen molar-refractivity contribution in [3.63, 3.8) is 0 Å². The molecule has 0 unspecified atom stereocenters. The molecule has 1 aliphatic carbocycles. The number of benzene rings is 1. The van der Waals surface area contributed by atoms with Gasteiger partial charge in [0.25, 0.3) is 0 Å². The van der Waals surface area contributed by atoms with E-state index in [1.54, 1.807) is 13.2 Å². The normalized spacial score (nSPS) is 28.9. The summed E-state index contributed by atoms with van der Waals surface area (Å²) in [7, 11) is 1.63. The largest absolute Gasteiger partial charge is 0.389 e. The number of hydrogen-bond acceptors (Lipinski definition) is 2. The molecule has 0 saturated heterocycles. The predicted molar refractivity (Wildman–Crippen MR) is 60.1 cm³/mol. The second kappa shape index (κ2) is 4.32. The molecule has 0 spiro atoms. The Hall–Kier alpha value is -0.640. The van der Waals surface area contributed by atoms with Gasteiger partial charge >= 0.3 is 0 Å². The Morgan fingerprint density at radius 1 is 1.56 bits per heavy atom. The molecule has 0 aromatic heterocycles. The van der Waals surface area contributed by atoms with E-state index in [2.05, 4.69) is 0 Å². The Bertz CT molecular complexity index is 389. The molecule has 88 valence electrons. The van der Waals surface area contributed by atoms with Crippen LogP contribution in [0.2, 0.25) is 5.02 Å². The lowest BCUT2D eigenvalue weighted by atomic mass is 9.74. The molecule has 16 heavy (non-hydrogen) atoms. The maximum atomic E-state index is 12.8. The molecule has 1 saturated carbocycles. The third-order valence-corrected chi connectivity index (χ3v) is 3.44. The van der Waals surface area contributed by atoms with E-state index >= 15 is 0 Å². The monoisotopic (exact) mass is 244 g/mol. The minimum absolute atomic E-state index is 0.129. The highest BCUT2D eigenvalue weighted by Gasteiger charge is 2.43. The van der Waals surface area contributed by atoms with Crippen LogP contribution in [0.25, 0.3) is 0 Å². The van der Waals surface area contributed by atoms with Crippen LogP contribution < -0.4 is 0 Å². The smallest absolute Gasteiger partial charge is 0.124 e. The third-order valence-electron chi connectivity index (χ3n) is 3.08. The lowest BCUT2D eigenvalue weighted by Crippen LogP contribution is -2.49. The topological polar surface area (TPSA) is 29.5 Å². The molecule has 1 fully saturated rings. The zero-order valence-electron chi connectivity index (χ0n) is 9.04. The summed E-state index contributed by atoms with van der Waals surface area (Å²) in [4.78, 5) is 0. The highest BCUT2D eigenvalue weighted by molar-refractivity contribution is 6.31. The van der Waals surface area contributed by atoms with Crippen LogP contribution in [0.15, 0.2) is 18.2 Å². The molecular weight excluding hydrogens is 231 g/mol. The van der Waals surface area contributed by atoms with Crippen molar-refractivity contribution in [3.8, 4) is 0 Å². The maximum absolute atomic E-state index is 12.8. The van der Waals surface area contributed by atoms with Crippen molar-refractivity contribution in [2.24, 2.45) is 0 Å². The van der Waals surface area contributed by atoms with Crippen molar-refractivity contribution >= 4 is 11.6 Å². The van der Waals surface area contributed by atoms with Gasteiger partial charge in [0.05, 0.1) is 11.7 Å². The maximum Gasteiger partial charge on any atom is 0.124 e. The van der Waals surface area contributed by atoms with Gasteiger partial charge in [-0.2, -0.15) is 0 Å². The molecule has 0 atom stereocenters. The summed E-state index contributed by atoms with van der Waals surface area (Å²) in [5.41, 5.74) is 0.0300. The summed E-state index contributed by atoms with van der Waals surface area (Å²) in [6.07, 6.45) is 1.80. The van der Waals surface area contributed by atoms with Gasteiger partial charge in [-0.25, -0.2) is 4.39 Å². The summed E-state index contributed by atoms with van der Waals surface area (Å²) >= 11 is 5.90. The van der Waals surface area contributed by atoms with Crippen molar-refractivity contribution in [1.29, 1.82) is 0 Å². The summed E-state index contributed by atoms with van der Waals surface area (Å²) in [5, 5.41) is 10.5. The van der Waals surface area contributed by atoms with Gasteiger partial charge in [0.15, 0.2) is 0 Å². The highest BCUT2D eigenvalue weighted by Crippen LogP contribution is 2.38. The Labute approximate surface area is 99.0 Å². The first-order valence-corrected chi connectivity index (χ1v) is 5.59. The van der Waals surface area contributed by atoms with Crippen LogP contribution in [-0.2, 0) is 11.2 Å². The highest BCUT2D eigenvalue weighted by atomic mass is 35.5. The van der Waals surface area contributed by atoms with E-state index in [9.17, 15) is 9.50 Å². The molecule has 2 nitrogen and oxygen atoms in total. The Kier molecular flexibility index (Phi) is 3.19. The molecule has 0 aliphatic heterocycles. The quantitative estimate of drug-likeness (QED) is 0.886. The minimum Gasteiger partial charge on any atom is -0.389 e. The second-order valence-corrected chi connectivity index (χ2v) is 4.81. The van der Waals surface area contributed by atoms with Crippen LogP contribution >= 0.6 is 11.6 Å². The van der Waals surface area contributed by atoms with Crippen LogP contribution in [0, 0.1) is 5.82 Å². The van der Waals surface area contributed by atoms with Crippen molar-refractivity contribution in [3.05, 3.63) is 34.6 Å². The van der Waals surface area contributed by atoms with Crippen LogP contribution in [-0.4, -0.2) is 23.9 Å². The number of halogens is 2. The first-order chi connectivity index (χ1) is 7.52. The summed E-state index contributed by atoms with van der Waals surface area (Å²) in [6, 6.07) is 4.25. The van der Waals surface area contributed by atoms with Gasteiger partial charge in [0, 0.05) is 31.4 Å². The Morgan fingerprint density at radius 3 is 2.81 bits per heavy atom. The molecule has 0 radical (unpaired) electrons. The van der Waals surface area contributed by atoms with Crippen LogP contribution in [0.1, 0.15) is 18.4 Å². The van der Waals surface area contributed by atoms with Gasteiger partial charge in [0.1, 0.15) is 5.82 Å². The second-order valence-electron chi connectivity index (χ2n) is 4.40. The van der Waals surface area contributed by atoms with E-state index in [1.807, 2.05) is 0 Å². The van der Waals surface area contributed by atoms with Gasteiger partial charge in [-0.05, 0) is 17.7 Å². The molecule has 1 N–H and O–H groups in total. The number of methoxy groups -OCH3 is 1. The standard InChI is InChI=1S/C12H14ClFO2/c1-16-10-6-12(15,7-10)5-8-2-3-9(14)4-11(8)13/h2-4,10,15H,5-7H2,1H3. The van der Waals surface area contributed by atoms with Gasteiger partial charge in [-0.3, -0.25) is 0 Å². The molecule has 1 aromatic carbocycles. The summed E-state index contributed by atoms with van der Waals surface area (Å²) in [5.74, 6) is -0.357. The van der Waals surface area contributed by atoms with E-state index in [0.717, 1.165) is 5.56 Å². The summed E-state index contributed by atoms with van der Waals surface area (Å²) in [6.45, 7) is 0. The van der Waals surface area contributed by atoms with E-state index in [0.29, 0.717) is 24.3 Å². The van der Waals surface area contributed by atoms with Gasteiger partial charge in [-0.1, -0.05) is 17.7 Å². The summed E-state index contributed by atoms with van der Waals surface area (Å²) < 4.78 is 17.9. The third kappa shape index (κ3) is 2.37. The van der Waals surface area contributed by atoms with E-state index < -0.39 is 5.60 Å². The lowest BCUT2D eigenvalue weighted by Gasteiger charge is -2.43. The molecule has 0 heterocycles. The van der Waals surface area contributed by atoms with E-state index in [4.69, 9.17) is 16.3 Å². The van der Waals surface area contributed by atoms with Gasteiger partial charge in [-0.15, -0.1) is 0 Å². The van der Waals surface area contributed by atoms with Crippen molar-refractivity contribution in [2.75, 3.05) is 7.11 Å². The fraction of sp³-hybridized carbons (Fsp3) is 0.500. The number of aliphatic hydroxyl groups is 1. The molecule has 1 aliphatic rings. The molecule has 4 heteroatoms.